The minimum absolute atomic E-state index is 0.0595. The van der Waals surface area contributed by atoms with Crippen LogP contribution >= 0.6 is 0 Å². The van der Waals surface area contributed by atoms with Crippen molar-refractivity contribution in [1.82, 2.24) is 4.72 Å². The zero-order valence-corrected chi connectivity index (χ0v) is 14.6. The zero-order valence-electron chi connectivity index (χ0n) is 13.8. The van der Waals surface area contributed by atoms with E-state index in [0.29, 0.717) is 12.8 Å². The predicted molar refractivity (Wildman–Crippen MR) is 88.7 cm³/mol. The summed E-state index contributed by atoms with van der Waals surface area (Å²) in [6, 6.07) is 0. The van der Waals surface area contributed by atoms with Crippen molar-refractivity contribution in [2.24, 2.45) is 0 Å². The molecule has 0 bridgehead atoms. The van der Waals surface area contributed by atoms with Crippen molar-refractivity contribution in [3.63, 3.8) is 0 Å². The average molecular weight is 320 g/mol. The van der Waals surface area contributed by atoms with Crippen LogP contribution in [0.3, 0.4) is 0 Å². The molecule has 0 aliphatic heterocycles. The second-order valence-corrected chi connectivity index (χ2v) is 7.62. The van der Waals surface area contributed by atoms with Crippen LogP contribution in [0.25, 0.3) is 0 Å². The van der Waals surface area contributed by atoms with Crippen molar-refractivity contribution in [2.45, 2.75) is 90.9 Å². The Morgan fingerprint density at radius 3 is 1.81 bits per heavy atom. The molecular weight excluding hydrogens is 286 g/mol. The summed E-state index contributed by atoms with van der Waals surface area (Å²) in [5, 5.41) is 0. The summed E-state index contributed by atoms with van der Waals surface area (Å²) in [5.74, 6) is -0.290. The third-order valence-corrected chi connectivity index (χ3v) is 4.91. The molecule has 0 spiro atoms. The van der Waals surface area contributed by atoms with E-state index < -0.39 is 10.0 Å². The number of amides is 1. The Kier molecular flexibility index (Phi) is 12.7. The van der Waals surface area contributed by atoms with Crippen molar-refractivity contribution in [3.05, 3.63) is 0 Å². The van der Waals surface area contributed by atoms with E-state index in [4.69, 9.17) is 0 Å². The smallest absolute Gasteiger partial charge is 0.234 e. The van der Waals surface area contributed by atoms with Crippen LogP contribution in [-0.4, -0.2) is 20.1 Å². The van der Waals surface area contributed by atoms with E-state index in [9.17, 15) is 13.2 Å². The molecule has 0 aromatic heterocycles. The van der Waals surface area contributed by atoms with Crippen LogP contribution in [0.2, 0.25) is 0 Å². The summed E-state index contributed by atoms with van der Waals surface area (Å²) in [4.78, 5) is 11.6. The first-order valence-electron chi connectivity index (χ1n) is 8.55. The normalized spacial score (nSPS) is 11.5. The summed E-state index contributed by atoms with van der Waals surface area (Å²) < 4.78 is 25.4. The van der Waals surface area contributed by atoms with Gasteiger partial charge in [-0.2, -0.15) is 0 Å². The Balaban J connectivity index is 3.57. The van der Waals surface area contributed by atoms with Crippen molar-refractivity contribution in [2.75, 3.05) is 5.75 Å². The highest BCUT2D eigenvalue weighted by atomic mass is 32.2. The van der Waals surface area contributed by atoms with Crippen LogP contribution in [-0.2, 0) is 14.8 Å². The number of hydrogen-bond donors (Lipinski definition) is 1. The topological polar surface area (TPSA) is 63.2 Å². The lowest BCUT2D eigenvalue weighted by atomic mass is 10.1. The quantitative estimate of drug-likeness (QED) is 0.489. The van der Waals surface area contributed by atoms with Crippen molar-refractivity contribution in [1.29, 1.82) is 0 Å². The molecule has 0 radical (unpaired) electrons. The molecule has 21 heavy (non-hydrogen) atoms. The molecule has 0 rings (SSSR count). The monoisotopic (exact) mass is 319 g/mol. The Labute approximate surface area is 131 Å². The largest absolute Gasteiger partial charge is 0.274 e. The first kappa shape index (κ1) is 20.4. The number of carbonyl (C=O) groups is 1. The summed E-state index contributed by atoms with van der Waals surface area (Å²) >= 11 is 0. The first-order chi connectivity index (χ1) is 10.0. The Bertz CT molecular complexity index is 353. The number of unbranched alkanes of at least 4 members (excludes halogenated alkanes) is 9. The summed E-state index contributed by atoms with van der Waals surface area (Å²) in [6.45, 7) is 4.22. The van der Waals surface area contributed by atoms with E-state index in [1.54, 1.807) is 0 Å². The fourth-order valence-electron chi connectivity index (χ4n) is 2.24. The Morgan fingerprint density at radius 1 is 0.762 bits per heavy atom. The molecule has 1 amide bonds. The zero-order chi connectivity index (χ0) is 16.0. The Hall–Kier alpha value is -0.580. The van der Waals surface area contributed by atoms with E-state index in [1.165, 1.54) is 32.1 Å². The minimum Gasteiger partial charge on any atom is -0.274 e. The molecule has 0 atom stereocenters. The molecule has 0 fully saturated rings. The molecular formula is C16H33NO3S. The maximum atomic E-state index is 11.6. The maximum Gasteiger partial charge on any atom is 0.234 e. The van der Waals surface area contributed by atoms with Crippen LogP contribution < -0.4 is 4.72 Å². The molecule has 0 aromatic rings. The van der Waals surface area contributed by atoms with Gasteiger partial charge in [0.05, 0.1) is 5.75 Å². The van der Waals surface area contributed by atoms with Crippen molar-refractivity contribution < 1.29 is 13.2 Å². The second kappa shape index (κ2) is 13.1. The summed E-state index contributed by atoms with van der Waals surface area (Å²) in [5.41, 5.74) is 0. The molecule has 0 heterocycles. The number of hydrogen-bond acceptors (Lipinski definition) is 3. The molecule has 0 saturated carbocycles. The fraction of sp³-hybridized carbons (Fsp3) is 0.938. The number of rotatable bonds is 14. The van der Waals surface area contributed by atoms with Crippen LogP contribution in [0, 0.1) is 0 Å². The highest BCUT2D eigenvalue weighted by molar-refractivity contribution is 7.90. The van der Waals surface area contributed by atoms with E-state index in [-0.39, 0.29) is 11.7 Å². The van der Waals surface area contributed by atoms with Gasteiger partial charge in [0, 0.05) is 6.42 Å². The standard InChI is InChI=1S/C16H33NO3S/c1-3-5-7-8-9-10-11-12-14-16(18)17-21(19,20)15-13-6-4-2/h3-15H2,1-2H3,(H,17,18). The predicted octanol–water partition coefficient (Wildman–Crippen LogP) is 4.15. The molecule has 126 valence electrons. The summed E-state index contributed by atoms with van der Waals surface area (Å²) in [7, 11) is -3.41. The van der Waals surface area contributed by atoms with Gasteiger partial charge < -0.3 is 0 Å². The number of carbonyl (C=O) groups excluding carboxylic acids is 1. The fourth-order valence-corrected chi connectivity index (χ4v) is 3.37. The van der Waals surface area contributed by atoms with Crippen LogP contribution in [0.15, 0.2) is 0 Å². The van der Waals surface area contributed by atoms with Gasteiger partial charge >= 0.3 is 0 Å². The van der Waals surface area contributed by atoms with Gasteiger partial charge in [0.2, 0.25) is 15.9 Å². The van der Waals surface area contributed by atoms with E-state index >= 15 is 0 Å². The third-order valence-electron chi connectivity index (χ3n) is 3.54. The van der Waals surface area contributed by atoms with Gasteiger partial charge in [-0.25, -0.2) is 8.42 Å². The molecule has 5 heteroatoms. The SMILES string of the molecule is CCCCCCCCCCC(=O)NS(=O)(=O)CCCCC. The number of nitrogens with one attached hydrogen (secondary N) is 1. The minimum atomic E-state index is -3.41. The van der Waals surface area contributed by atoms with Crippen LogP contribution in [0.1, 0.15) is 90.9 Å². The molecule has 0 aliphatic carbocycles. The second-order valence-electron chi connectivity index (χ2n) is 5.78. The van der Waals surface area contributed by atoms with Crippen molar-refractivity contribution in [3.8, 4) is 0 Å². The van der Waals surface area contributed by atoms with Gasteiger partial charge in [0.15, 0.2) is 0 Å². The van der Waals surface area contributed by atoms with Gasteiger partial charge in [-0.1, -0.05) is 71.6 Å². The average Bonchev–Trinajstić information content (AvgIpc) is 2.41. The maximum absolute atomic E-state index is 11.6. The van der Waals surface area contributed by atoms with Gasteiger partial charge in [0.25, 0.3) is 0 Å². The van der Waals surface area contributed by atoms with E-state index in [2.05, 4.69) is 11.6 Å². The lowest BCUT2D eigenvalue weighted by molar-refractivity contribution is -0.119. The van der Waals surface area contributed by atoms with E-state index in [0.717, 1.165) is 32.1 Å². The molecule has 0 aliphatic rings. The van der Waals surface area contributed by atoms with E-state index in [1.807, 2.05) is 6.92 Å². The van der Waals surface area contributed by atoms with Gasteiger partial charge in [-0.05, 0) is 12.8 Å². The molecule has 1 N–H and O–H groups in total. The summed E-state index contributed by atoms with van der Waals surface area (Å²) in [6.07, 6.45) is 12.1. The molecule has 0 saturated heterocycles. The third kappa shape index (κ3) is 14.1. The number of sulfonamides is 1. The van der Waals surface area contributed by atoms with Gasteiger partial charge in [-0.3, -0.25) is 9.52 Å². The van der Waals surface area contributed by atoms with Gasteiger partial charge in [0.1, 0.15) is 0 Å². The highest BCUT2D eigenvalue weighted by Gasteiger charge is 2.13. The highest BCUT2D eigenvalue weighted by Crippen LogP contribution is 2.09. The first-order valence-corrected chi connectivity index (χ1v) is 10.2. The van der Waals surface area contributed by atoms with Crippen LogP contribution in [0.5, 0.6) is 0 Å². The molecule has 0 unspecified atom stereocenters. The van der Waals surface area contributed by atoms with Gasteiger partial charge in [-0.15, -0.1) is 0 Å². The Morgan fingerprint density at radius 2 is 1.24 bits per heavy atom. The molecule has 0 aromatic carbocycles. The molecule has 4 nitrogen and oxygen atoms in total. The lowest BCUT2D eigenvalue weighted by Crippen LogP contribution is -2.32. The van der Waals surface area contributed by atoms with Crippen molar-refractivity contribution >= 4 is 15.9 Å². The van der Waals surface area contributed by atoms with Crippen LogP contribution in [0.4, 0.5) is 0 Å². The lowest BCUT2D eigenvalue weighted by Gasteiger charge is -2.06.